The van der Waals surface area contributed by atoms with Crippen molar-refractivity contribution in [2.45, 2.75) is 169 Å². The van der Waals surface area contributed by atoms with Crippen LogP contribution in [0.25, 0.3) is 0 Å². The number of fused-ring (bicyclic) bond motifs is 2. The van der Waals surface area contributed by atoms with Gasteiger partial charge in [-0.15, -0.1) is 0 Å². The van der Waals surface area contributed by atoms with E-state index in [1.165, 1.54) is 0 Å². The number of hydrogen-bond donors (Lipinski definition) is 2. The Morgan fingerprint density at radius 3 is 2.26 bits per heavy atom. The largest absolute Gasteiger partial charge is 0.481 e. The number of rotatable bonds is 21. The zero-order valence-electron chi connectivity index (χ0n) is 35.4. The molecule has 0 radical (unpaired) electrons. The van der Waals surface area contributed by atoms with Crippen molar-refractivity contribution in [3.8, 4) is 0 Å². The molecule has 1 spiro atoms. The molecule has 0 aromatic heterocycles. The Morgan fingerprint density at radius 1 is 0.879 bits per heavy atom. The van der Waals surface area contributed by atoms with E-state index in [0.29, 0.717) is 51.4 Å². The van der Waals surface area contributed by atoms with E-state index < -0.39 is 75.9 Å². The summed E-state index contributed by atoms with van der Waals surface area (Å²) in [6, 6.07) is 0. The van der Waals surface area contributed by atoms with Gasteiger partial charge in [0.15, 0.2) is 0 Å². The van der Waals surface area contributed by atoms with Crippen LogP contribution in [0.4, 0.5) is 0 Å². The molecule has 2 saturated heterocycles. The highest BCUT2D eigenvalue weighted by Crippen LogP contribution is 2.76. The summed E-state index contributed by atoms with van der Waals surface area (Å²) in [4.78, 5) is 89.9. The van der Waals surface area contributed by atoms with Crippen molar-refractivity contribution in [1.29, 1.82) is 0 Å². The van der Waals surface area contributed by atoms with Crippen LogP contribution in [-0.2, 0) is 48.0 Å². The zero-order chi connectivity index (χ0) is 42.0. The van der Waals surface area contributed by atoms with Crippen molar-refractivity contribution in [3.63, 3.8) is 0 Å². The second-order valence-corrected chi connectivity index (χ2v) is 19.7. The monoisotopic (exact) mass is 812 g/mol. The number of carboxylic acids is 2. The van der Waals surface area contributed by atoms with Crippen LogP contribution < -0.4 is 0 Å². The summed E-state index contributed by atoms with van der Waals surface area (Å²) in [6.45, 7) is 10.5. The maximum absolute atomic E-state index is 14.0. The van der Waals surface area contributed by atoms with E-state index in [9.17, 15) is 33.9 Å². The molecule has 2 N–H and O–H groups in total. The van der Waals surface area contributed by atoms with Gasteiger partial charge < -0.3 is 19.7 Å². The van der Waals surface area contributed by atoms with Gasteiger partial charge in [0.05, 0.1) is 35.7 Å². The predicted octanol–water partition coefficient (Wildman–Crippen LogP) is 8.63. The van der Waals surface area contributed by atoms with Gasteiger partial charge >= 0.3 is 35.8 Å². The molecule has 12 nitrogen and oxygen atoms in total. The van der Waals surface area contributed by atoms with Gasteiger partial charge in [-0.3, -0.25) is 28.8 Å². The van der Waals surface area contributed by atoms with Crippen LogP contribution in [0.5, 0.6) is 0 Å². The molecule has 7 fully saturated rings. The lowest BCUT2D eigenvalue weighted by molar-refractivity contribution is -0.419. The molecule has 12 heteroatoms. The third-order valence-electron chi connectivity index (χ3n) is 16.1. The van der Waals surface area contributed by atoms with Crippen molar-refractivity contribution < 1.29 is 58.2 Å². The topological polar surface area (TPSA) is 180 Å². The van der Waals surface area contributed by atoms with Gasteiger partial charge in [0, 0.05) is 11.8 Å². The number of allylic oxidation sites excluding steroid dienone is 2. The number of unbranched alkanes of at least 4 members (excludes halogenated alkanes) is 6. The summed E-state index contributed by atoms with van der Waals surface area (Å²) in [7, 11) is 0. The second kappa shape index (κ2) is 18.2. The number of carboxylic acid groups (broad SMARTS) is 2. The van der Waals surface area contributed by atoms with E-state index in [1.807, 2.05) is 13.0 Å². The molecule has 2 bridgehead atoms. The van der Waals surface area contributed by atoms with E-state index in [2.05, 4.69) is 33.8 Å². The lowest BCUT2D eigenvalue weighted by Gasteiger charge is -2.72. The minimum atomic E-state index is -0.888. The molecule has 5 aliphatic carbocycles. The summed E-state index contributed by atoms with van der Waals surface area (Å²) in [5.74, 6) is -5.81. The van der Waals surface area contributed by atoms with Gasteiger partial charge in [0.2, 0.25) is 0 Å². The summed E-state index contributed by atoms with van der Waals surface area (Å²) < 4.78 is 10.5. The van der Waals surface area contributed by atoms with Gasteiger partial charge in [-0.1, -0.05) is 84.8 Å². The van der Waals surface area contributed by atoms with Crippen LogP contribution in [0.3, 0.4) is 0 Å². The van der Waals surface area contributed by atoms with Crippen LogP contribution >= 0.6 is 0 Å². The van der Waals surface area contributed by atoms with E-state index in [1.54, 1.807) is 0 Å². The van der Waals surface area contributed by atoms with Crippen molar-refractivity contribution in [2.24, 2.45) is 69.5 Å². The standard InChI is InChI=1S/C46H68O12/c1-6-7-12-16-28(30-26-35(49)55-40(30)50)19-20-29(17-13-10-8-9-11-14-18-34(47)48)57-58-39-36(27(2)3)31-25-33-44(4)22-15-23-45(5,43(53)54)32(44)21-24-46(33,39)38-37(31)41(51)56-42(38)52/h12,16,27-33,36-39H,6-11,13-15,17-26H2,1-5H3,(H,47,48)(H,53,54)/b16-12+. The van der Waals surface area contributed by atoms with Gasteiger partial charge in [-0.05, 0) is 112 Å². The molecular weight excluding hydrogens is 744 g/mol. The lowest BCUT2D eigenvalue weighted by Crippen LogP contribution is -2.73. The number of cyclic esters (lactones) is 4. The zero-order valence-corrected chi connectivity index (χ0v) is 35.4. The van der Waals surface area contributed by atoms with Crippen molar-refractivity contribution in [2.75, 3.05) is 0 Å². The molecule has 13 unspecified atom stereocenters. The number of aliphatic carboxylic acids is 2. The molecule has 5 saturated carbocycles. The number of carbonyl (C=O) groups excluding carboxylic acids is 4. The van der Waals surface area contributed by atoms with E-state index >= 15 is 0 Å². The highest BCUT2D eigenvalue weighted by Gasteiger charge is 2.78. The molecule has 7 aliphatic rings. The van der Waals surface area contributed by atoms with Crippen LogP contribution in [0.1, 0.15) is 157 Å². The Hall–Kier alpha value is -3.12. The molecule has 58 heavy (non-hydrogen) atoms. The first-order valence-corrected chi connectivity index (χ1v) is 22.5. The van der Waals surface area contributed by atoms with E-state index in [4.69, 9.17) is 24.4 Å². The maximum Gasteiger partial charge on any atom is 0.318 e. The molecular formula is C46H68O12. The Labute approximate surface area is 343 Å². The fourth-order valence-electron chi connectivity index (χ4n) is 13.5. The van der Waals surface area contributed by atoms with E-state index in [-0.39, 0.29) is 54.5 Å². The molecule has 7 rings (SSSR count). The summed E-state index contributed by atoms with van der Waals surface area (Å²) in [5.41, 5.74) is -2.06. The van der Waals surface area contributed by atoms with Crippen LogP contribution in [0.15, 0.2) is 12.2 Å². The Balaban J connectivity index is 1.28. The first-order chi connectivity index (χ1) is 27.6. The van der Waals surface area contributed by atoms with Gasteiger partial charge in [-0.2, -0.15) is 0 Å². The number of carbonyl (C=O) groups is 6. The predicted molar refractivity (Wildman–Crippen MR) is 211 cm³/mol. The molecule has 2 heterocycles. The van der Waals surface area contributed by atoms with Gasteiger partial charge in [-0.25, -0.2) is 9.78 Å². The fourth-order valence-corrected chi connectivity index (χ4v) is 13.5. The second-order valence-electron chi connectivity index (χ2n) is 19.7. The van der Waals surface area contributed by atoms with Crippen LogP contribution in [-0.4, -0.2) is 58.2 Å². The Kier molecular flexibility index (Phi) is 14.0. The smallest absolute Gasteiger partial charge is 0.318 e. The number of esters is 4. The minimum Gasteiger partial charge on any atom is -0.481 e. The van der Waals surface area contributed by atoms with E-state index in [0.717, 1.165) is 57.8 Å². The Bertz CT molecular complexity index is 1590. The summed E-state index contributed by atoms with van der Waals surface area (Å²) in [5, 5.41) is 19.6. The molecule has 0 amide bonds. The molecule has 2 aliphatic heterocycles. The number of hydrogen-bond acceptors (Lipinski definition) is 10. The summed E-state index contributed by atoms with van der Waals surface area (Å²) in [6.07, 6.45) is 16.4. The molecule has 13 atom stereocenters. The normalized spacial score (nSPS) is 37.7. The van der Waals surface area contributed by atoms with Crippen LogP contribution in [0, 0.1) is 69.5 Å². The van der Waals surface area contributed by atoms with Crippen molar-refractivity contribution >= 4 is 35.8 Å². The SMILES string of the molecule is CCC/C=C/C(CCC(CCCCCCCCC(=O)O)OOC1C(C(C)C)C2CC3C4(C)CCCC(C)(C(=O)O)C4CCC13C1C(=O)OC(=O)C21)C1CC(=O)OC1=O. The average Bonchev–Trinajstić information content (AvgIpc) is 3.67. The maximum atomic E-state index is 14.0. The Morgan fingerprint density at radius 2 is 1.60 bits per heavy atom. The number of ether oxygens (including phenoxy) is 2. The summed E-state index contributed by atoms with van der Waals surface area (Å²) >= 11 is 0. The third kappa shape index (κ3) is 8.31. The quantitative estimate of drug-likeness (QED) is 0.0282. The highest BCUT2D eigenvalue weighted by molar-refractivity contribution is 5.98. The van der Waals surface area contributed by atoms with Gasteiger partial charge in [0.1, 0.15) is 6.10 Å². The van der Waals surface area contributed by atoms with Crippen LogP contribution in [0.2, 0.25) is 0 Å². The molecule has 0 aromatic carbocycles. The fraction of sp³-hybridized carbons (Fsp3) is 0.826. The minimum absolute atomic E-state index is 0.0470. The average molecular weight is 813 g/mol. The molecule has 324 valence electrons. The third-order valence-corrected chi connectivity index (χ3v) is 16.1. The molecule has 0 aromatic rings. The van der Waals surface area contributed by atoms with Crippen molar-refractivity contribution in [1.82, 2.24) is 0 Å². The van der Waals surface area contributed by atoms with Gasteiger partial charge in [0.25, 0.3) is 0 Å². The first-order valence-electron chi connectivity index (χ1n) is 22.5. The highest BCUT2D eigenvalue weighted by atomic mass is 17.2. The van der Waals surface area contributed by atoms with Crippen molar-refractivity contribution in [3.05, 3.63) is 12.2 Å². The lowest BCUT2D eigenvalue weighted by atomic mass is 9.31. The first kappa shape index (κ1) is 44.4.